The van der Waals surface area contributed by atoms with Crippen molar-refractivity contribution in [3.8, 4) is 0 Å². The first-order valence-electron chi connectivity index (χ1n) is 8.18. The third kappa shape index (κ3) is 3.99. The molecule has 0 unspecified atom stereocenters. The molecule has 1 aliphatic heterocycles. The number of carbonyl (C=O) groups excluding carboxylic acids is 1. The zero-order valence-electron chi connectivity index (χ0n) is 13.8. The average Bonchev–Trinajstić information content (AvgIpc) is 2.94. The van der Waals surface area contributed by atoms with Crippen LogP contribution in [0.4, 0.5) is 5.69 Å². The number of nitrogens with one attached hydrogen (secondary N) is 1. The molecule has 0 saturated carbocycles. The molecule has 23 heavy (non-hydrogen) atoms. The zero-order chi connectivity index (χ0) is 16.2. The average molecular weight is 312 g/mol. The van der Waals surface area contributed by atoms with Gasteiger partial charge in [-0.25, -0.2) is 4.98 Å². The second-order valence-corrected chi connectivity index (χ2v) is 6.36. The fourth-order valence-corrected chi connectivity index (χ4v) is 3.25. The van der Waals surface area contributed by atoms with Crippen LogP contribution in [0.5, 0.6) is 0 Å². The number of anilines is 1. The molecular weight excluding hydrogens is 288 g/mol. The summed E-state index contributed by atoms with van der Waals surface area (Å²) in [5, 5.41) is 2.98. The minimum Gasteiger partial charge on any atom is -0.338 e. The highest BCUT2D eigenvalue weighted by molar-refractivity contribution is 5.92. The molecule has 1 saturated heterocycles. The summed E-state index contributed by atoms with van der Waals surface area (Å²) in [5.74, 6) is 1.73. The molecule has 2 aromatic rings. The van der Waals surface area contributed by atoms with Crippen LogP contribution < -0.4 is 5.32 Å². The maximum atomic E-state index is 12.2. The van der Waals surface area contributed by atoms with Gasteiger partial charge in [-0.2, -0.15) is 0 Å². The van der Waals surface area contributed by atoms with E-state index in [-0.39, 0.29) is 5.91 Å². The van der Waals surface area contributed by atoms with Crippen molar-refractivity contribution in [2.24, 2.45) is 7.05 Å². The molecule has 5 nitrogen and oxygen atoms in total. The summed E-state index contributed by atoms with van der Waals surface area (Å²) in [6, 6.07) is 7.91. The summed E-state index contributed by atoms with van der Waals surface area (Å²) in [7, 11) is 2.05. The number of amides is 1. The standard InChI is InChI=1S/C18H24N4O/c1-14-4-3-5-16(12-14)20-17(23)13-22-9-6-15(7-10-22)18-19-8-11-21(18)2/h3-5,8,11-12,15H,6-7,9-10,13H2,1-2H3,(H,20,23). The van der Waals surface area contributed by atoms with Gasteiger partial charge in [-0.1, -0.05) is 12.1 Å². The summed E-state index contributed by atoms with van der Waals surface area (Å²) in [6.07, 6.45) is 5.97. The van der Waals surface area contributed by atoms with Gasteiger partial charge >= 0.3 is 0 Å². The van der Waals surface area contributed by atoms with Crippen LogP contribution in [0.15, 0.2) is 36.7 Å². The second-order valence-electron chi connectivity index (χ2n) is 6.36. The van der Waals surface area contributed by atoms with Crippen LogP contribution in [-0.2, 0) is 11.8 Å². The summed E-state index contributed by atoms with van der Waals surface area (Å²) in [6.45, 7) is 4.37. The predicted molar refractivity (Wildman–Crippen MR) is 91.4 cm³/mol. The number of aromatic nitrogens is 2. The van der Waals surface area contributed by atoms with E-state index in [1.54, 1.807) is 0 Å². The smallest absolute Gasteiger partial charge is 0.238 e. The van der Waals surface area contributed by atoms with E-state index in [0.717, 1.165) is 43.0 Å². The highest BCUT2D eigenvalue weighted by Crippen LogP contribution is 2.26. The van der Waals surface area contributed by atoms with E-state index in [1.807, 2.05) is 50.6 Å². The first kappa shape index (κ1) is 15.7. The Labute approximate surface area is 137 Å². The number of hydrogen-bond donors (Lipinski definition) is 1. The minimum absolute atomic E-state index is 0.0611. The zero-order valence-corrected chi connectivity index (χ0v) is 13.8. The van der Waals surface area contributed by atoms with Crippen molar-refractivity contribution in [2.75, 3.05) is 25.0 Å². The molecule has 0 radical (unpaired) electrons. The van der Waals surface area contributed by atoms with Crippen LogP contribution >= 0.6 is 0 Å². The van der Waals surface area contributed by atoms with Crippen LogP contribution in [-0.4, -0.2) is 40.0 Å². The Morgan fingerprint density at radius 3 is 2.78 bits per heavy atom. The van der Waals surface area contributed by atoms with Gasteiger partial charge in [0.1, 0.15) is 5.82 Å². The van der Waals surface area contributed by atoms with E-state index in [2.05, 4.69) is 19.8 Å². The van der Waals surface area contributed by atoms with Crippen molar-refractivity contribution in [1.82, 2.24) is 14.5 Å². The van der Waals surface area contributed by atoms with Gasteiger partial charge in [-0.3, -0.25) is 9.69 Å². The molecule has 1 N–H and O–H groups in total. The summed E-state index contributed by atoms with van der Waals surface area (Å²) in [4.78, 5) is 18.9. The molecule has 0 atom stereocenters. The first-order valence-corrected chi connectivity index (χ1v) is 8.18. The van der Waals surface area contributed by atoms with Crippen LogP contribution in [0.25, 0.3) is 0 Å². The Kier molecular flexibility index (Phi) is 4.76. The number of likely N-dealkylation sites (tertiary alicyclic amines) is 1. The summed E-state index contributed by atoms with van der Waals surface area (Å²) in [5.41, 5.74) is 2.02. The van der Waals surface area contributed by atoms with E-state index < -0.39 is 0 Å². The number of carbonyl (C=O) groups is 1. The number of hydrogen-bond acceptors (Lipinski definition) is 3. The van der Waals surface area contributed by atoms with Gasteiger partial charge in [0, 0.05) is 31.0 Å². The Balaban J connectivity index is 1.49. The highest BCUT2D eigenvalue weighted by Gasteiger charge is 2.24. The minimum atomic E-state index is 0.0611. The molecule has 1 aliphatic rings. The Bertz CT molecular complexity index is 671. The third-order valence-electron chi connectivity index (χ3n) is 4.48. The highest BCUT2D eigenvalue weighted by atomic mass is 16.2. The lowest BCUT2D eigenvalue weighted by molar-refractivity contribution is -0.117. The lowest BCUT2D eigenvalue weighted by Gasteiger charge is -2.31. The SMILES string of the molecule is Cc1cccc(NC(=O)CN2CCC(c3nccn3C)CC2)c1. The molecule has 1 aromatic carbocycles. The van der Waals surface area contributed by atoms with Crippen molar-refractivity contribution < 1.29 is 4.79 Å². The third-order valence-corrected chi connectivity index (χ3v) is 4.48. The molecule has 0 spiro atoms. The molecule has 0 aliphatic carbocycles. The maximum Gasteiger partial charge on any atom is 0.238 e. The van der Waals surface area contributed by atoms with Gasteiger partial charge in [0.2, 0.25) is 5.91 Å². The van der Waals surface area contributed by atoms with E-state index >= 15 is 0 Å². The van der Waals surface area contributed by atoms with Gasteiger partial charge in [0.15, 0.2) is 0 Å². The summed E-state index contributed by atoms with van der Waals surface area (Å²) < 4.78 is 2.10. The first-order chi connectivity index (χ1) is 11.1. The fourth-order valence-electron chi connectivity index (χ4n) is 3.25. The van der Waals surface area contributed by atoms with Crippen molar-refractivity contribution >= 4 is 11.6 Å². The summed E-state index contributed by atoms with van der Waals surface area (Å²) >= 11 is 0. The largest absolute Gasteiger partial charge is 0.338 e. The lowest BCUT2D eigenvalue weighted by Crippen LogP contribution is -2.39. The normalized spacial score (nSPS) is 16.4. The van der Waals surface area contributed by atoms with Gasteiger partial charge in [-0.05, 0) is 50.6 Å². The Morgan fingerprint density at radius 2 is 2.13 bits per heavy atom. The number of benzene rings is 1. The number of nitrogens with zero attached hydrogens (tertiary/aromatic N) is 3. The number of rotatable bonds is 4. The molecule has 2 heterocycles. The van der Waals surface area contributed by atoms with Gasteiger partial charge in [0.25, 0.3) is 0 Å². The number of aryl methyl sites for hydroxylation is 2. The number of imidazole rings is 1. The fraction of sp³-hybridized carbons (Fsp3) is 0.444. The van der Waals surface area contributed by atoms with Gasteiger partial charge < -0.3 is 9.88 Å². The molecular formula is C18H24N4O. The molecule has 3 rings (SSSR count). The van der Waals surface area contributed by atoms with Crippen molar-refractivity contribution in [1.29, 1.82) is 0 Å². The molecule has 1 amide bonds. The molecule has 1 fully saturated rings. The molecule has 122 valence electrons. The number of piperidine rings is 1. The van der Waals surface area contributed by atoms with Crippen molar-refractivity contribution in [2.45, 2.75) is 25.7 Å². The molecule has 1 aromatic heterocycles. The van der Waals surface area contributed by atoms with E-state index in [9.17, 15) is 4.79 Å². The second kappa shape index (κ2) is 6.96. The van der Waals surface area contributed by atoms with E-state index in [1.165, 1.54) is 0 Å². The van der Waals surface area contributed by atoms with Gasteiger partial charge in [0.05, 0.1) is 6.54 Å². The quantitative estimate of drug-likeness (QED) is 0.944. The van der Waals surface area contributed by atoms with Crippen LogP contribution in [0, 0.1) is 6.92 Å². The Morgan fingerprint density at radius 1 is 1.35 bits per heavy atom. The van der Waals surface area contributed by atoms with E-state index in [0.29, 0.717) is 12.5 Å². The lowest BCUT2D eigenvalue weighted by atomic mass is 9.96. The predicted octanol–water partition coefficient (Wildman–Crippen LogP) is 2.55. The van der Waals surface area contributed by atoms with Crippen molar-refractivity contribution in [3.05, 3.63) is 48.0 Å². The topological polar surface area (TPSA) is 50.2 Å². The van der Waals surface area contributed by atoms with Crippen molar-refractivity contribution in [3.63, 3.8) is 0 Å². The monoisotopic (exact) mass is 312 g/mol. The van der Waals surface area contributed by atoms with Crippen LogP contribution in [0.3, 0.4) is 0 Å². The maximum absolute atomic E-state index is 12.2. The van der Waals surface area contributed by atoms with Crippen LogP contribution in [0.2, 0.25) is 0 Å². The Hall–Kier alpha value is -2.14. The molecule has 5 heteroatoms. The molecule has 0 bridgehead atoms. The van der Waals surface area contributed by atoms with Gasteiger partial charge in [-0.15, -0.1) is 0 Å². The van der Waals surface area contributed by atoms with Crippen LogP contribution in [0.1, 0.15) is 30.1 Å². The van der Waals surface area contributed by atoms with E-state index in [4.69, 9.17) is 0 Å².